The summed E-state index contributed by atoms with van der Waals surface area (Å²) in [6, 6.07) is -0.519. The minimum absolute atomic E-state index is 0.456. The average molecular weight is 111 g/mol. The van der Waals surface area contributed by atoms with Crippen molar-refractivity contribution in [3.63, 3.8) is 0 Å². The fourth-order valence-electron chi connectivity index (χ4n) is 0.421. The summed E-state index contributed by atoms with van der Waals surface area (Å²) < 4.78 is 0. The van der Waals surface area contributed by atoms with Crippen molar-refractivity contribution in [2.45, 2.75) is 6.04 Å². The molecule has 4 heteroatoms. The van der Waals surface area contributed by atoms with Crippen molar-refractivity contribution >= 4 is 5.91 Å². The molecular weight excluding hydrogens is 106 g/mol. The van der Waals surface area contributed by atoms with Crippen LogP contribution in [-0.4, -0.2) is 11.9 Å². The highest BCUT2D eigenvalue weighted by Crippen LogP contribution is 2.01. The number of hydrogen-bond donors (Lipinski definition) is 1. The third-order valence-corrected chi connectivity index (χ3v) is 0.818. The van der Waals surface area contributed by atoms with Crippen LogP contribution in [0.4, 0.5) is 0 Å². The Morgan fingerprint density at radius 1 is 1.75 bits per heavy atom. The van der Waals surface area contributed by atoms with Gasteiger partial charge in [0, 0.05) is 6.20 Å². The molecule has 1 atom stereocenters. The van der Waals surface area contributed by atoms with Crippen LogP contribution >= 0.6 is 0 Å². The lowest BCUT2D eigenvalue weighted by molar-refractivity contribution is -0.118. The maximum atomic E-state index is 10.2. The van der Waals surface area contributed by atoms with Gasteiger partial charge >= 0.3 is 0 Å². The summed E-state index contributed by atoms with van der Waals surface area (Å²) in [7, 11) is 0. The van der Waals surface area contributed by atoms with E-state index in [9.17, 15) is 4.79 Å². The Kier molecular flexibility index (Phi) is 1.07. The lowest BCUT2D eigenvalue weighted by Crippen LogP contribution is -2.23. The van der Waals surface area contributed by atoms with Gasteiger partial charge in [-0.25, -0.2) is 0 Å². The van der Waals surface area contributed by atoms with Gasteiger partial charge in [-0.1, -0.05) is 0 Å². The van der Waals surface area contributed by atoms with Crippen molar-refractivity contribution < 1.29 is 4.79 Å². The van der Waals surface area contributed by atoms with Crippen molar-refractivity contribution in [3.8, 4) is 0 Å². The van der Waals surface area contributed by atoms with Crippen molar-refractivity contribution in [3.05, 3.63) is 12.3 Å². The van der Waals surface area contributed by atoms with Crippen LogP contribution in [-0.2, 0) is 4.79 Å². The van der Waals surface area contributed by atoms with Crippen LogP contribution in [0.1, 0.15) is 0 Å². The summed E-state index contributed by atoms with van der Waals surface area (Å²) in [5.41, 5.74) is 4.85. The summed E-state index contributed by atoms with van der Waals surface area (Å²) >= 11 is 0. The van der Waals surface area contributed by atoms with Gasteiger partial charge in [0.05, 0.1) is 0 Å². The van der Waals surface area contributed by atoms with Crippen LogP contribution in [0.5, 0.6) is 0 Å². The molecular formula is C4H5N3O. The number of nitrogens with zero attached hydrogens (tertiary/aromatic N) is 2. The van der Waals surface area contributed by atoms with E-state index in [-0.39, 0.29) is 0 Å². The van der Waals surface area contributed by atoms with Gasteiger partial charge in [-0.05, 0) is 6.08 Å². The third kappa shape index (κ3) is 0.726. The molecule has 1 aliphatic heterocycles. The van der Waals surface area contributed by atoms with Gasteiger partial charge in [-0.2, -0.15) is 10.2 Å². The molecule has 0 bridgehead atoms. The molecule has 42 valence electrons. The number of azo groups is 1. The smallest absolute Gasteiger partial charge is 0.248 e. The molecule has 0 spiro atoms. The van der Waals surface area contributed by atoms with Gasteiger partial charge in [0.1, 0.15) is 0 Å². The average Bonchev–Trinajstić information content (AvgIpc) is 2.12. The molecule has 0 fully saturated rings. The van der Waals surface area contributed by atoms with E-state index in [1.165, 1.54) is 6.20 Å². The summed E-state index contributed by atoms with van der Waals surface area (Å²) in [6.45, 7) is 0. The van der Waals surface area contributed by atoms with Crippen LogP contribution in [0.25, 0.3) is 0 Å². The Hall–Kier alpha value is -1.19. The fourth-order valence-corrected chi connectivity index (χ4v) is 0.421. The van der Waals surface area contributed by atoms with E-state index in [1.54, 1.807) is 6.08 Å². The number of carbonyl (C=O) groups is 1. The van der Waals surface area contributed by atoms with E-state index in [4.69, 9.17) is 5.73 Å². The van der Waals surface area contributed by atoms with E-state index < -0.39 is 11.9 Å². The number of rotatable bonds is 1. The highest BCUT2D eigenvalue weighted by atomic mass is 16.1. The SMILES string of the molecule is NC(=O)C1C=CN=N1. The minimum Gasteiger partial charge on any atom is -0.367 e. The molecule has 1 rings (SSSR count). The molecule has 1 aliphatic rings. The first-order valence-corrected chi connectivity index (χ1v) is 2.16. The molecule has 0 aliphatic carbocycles. The molecule has 0 aromatic carbocycles. The van der Waals surface area contributed by atoms with Gasteiger partial charge in [0.25, 0.3) is 0 Å². The Bertz CT molecular complexity index is 149. The zero-order chi connectivity index (χ0) is 5.98. The predicted molar refractivity (Wildman–Crippen MR) is 27.0 cm³/mol. The zero-order valence-corrected chi connectivity index (χ0v) is 4.11. The van der Waals surface area contributed by atoms with E-state index in [0.29, 0.717) is 0 Å². The summed E-state index contributed by atoms with van der Waals surface area (Å²) in [5, 5.41) is 6.90. The van der Waals surface area contributed by atoms with Gasteiger partial charge in [-0.15, -0.1) is 0 Å². The predicted octanol–water partition coefficient (Wildman–Crippen LogP) is -0.180. The van der Waals surface area contributed by atoms with E-state index in [1.807, 2.05) is 0 Å². The Labute approximate surface area is 46.1 Å². The maximum absolute atomic E-state index is 10.2. The quantitative estimate of drug-likeness (QED) is 0.501. The topological polar surface area (TPSA) is 67.8 Å². The van der Waals surface area contributed by atoms with E-state index in [0.717, 1.165) is 0 Å². The lowest BCUT2D eigenvalue weighted by Gasteiger charge is -1.90. The van der Waals surface area contributed by atoms with Crippen LogP contribution in [0.3, 0.4) is 0 Å². The van der Waals surface area contributed by atoms with E-state index in [2.05, 4.69) is 10.2 Å². The van der Waals surface area contributed by atoms with Crippen LogP contribution < -0.4 is 5.73 Å². The molecule has 0 saturated carbocycles. The first-order chi connectivity index (χ1) is 3.80. The molecule has 1 amide bonds. The molecule has 0 aromatic rings. The minimum atomic E-state index is -0.519. The molecule has 8 heavy (non-hydrogen) atoms. The second-order valence-corrected chi connectivity index (χ2v) is 1.42. The lowest BCUT2D eigenvalue weighted by atomic mass is 10.3. The first kappa shape index (κ1) is 4.96. The zero-order valence-electron chi connectivity index (χ0n) is 4.11. The van der Waals surface area contributed by atoms with Crippen molar-refractivity contribution in [1.29, 1.82) is 0 Å². The molecule has 2 N–H and O–H groups in total. The second-order valence-electron chi connectivity index (χ2n) is 1.42. The van der Waals surface area contributed by atoms with Crippen molar-refractivity contribution in [2.24, 2.45) is 16.0 Å². The summed E-state index contributed by atoms with van der Waals surface area (Å²) in [4.78, 5) is 10.2. The van der Waals surface area contributed by atoms with Gasteiger partial charge < -0.3 is 5.73 Å². The van der Waals surface area contributed by atoms with E-state index >= 15 is 0 Å². The third-order valence-electron chi connectivity index (χ3n) is 0.818. The summed E-state index contributed by atoms with van der Waals surface area (Å²) in [6.07, 6.45) is 3.00. The monoisotopic (exact) mass is 111 g/mol. The first-order valence-electron chi connectivity index (χ1n) is 2.16. The molecule has 0 aromatic heterocycles. The number of hydrogen-bond acceptors (Lipinski definition) is 3. The maximum Gasteiger partial charge on any atom is 0.248 e. The standard InChI is InChI=1S/C4H5N3O/c5-4(8)3-1-2-6-7-3/h1-3H,(H2,5,8). The number of nitrogens with two attached hydrogens (primary N) is 1. The molecule has 4 nitrogen and oxygen atoms in total. The molecule has 0 radical (unpaired) electrons. The Balaban J connectivity index is 2.62. The van der Waals surface area contributed by atoms with Crippen molar-refractivity contribution in [2.75, 3.05) is 0 Å². The summed E-state index contributed by atoms with van der Waals surface area (Å²) in [5.74, 6) is -0.456. The Morgan fingerprint density at radius 3 is 2.75 bits per heavy atom. The Morgan fingerprint density at radius 2 is 2.50 bits per heavy atom. The van der Waals surface area contributed by atoms with Crippen LogP contribution in [0.15, 0.2) is 22.5 Å². The fraction of sp³-hybridized carbons (Fsp3) is 0.250. The highest BCUT2D eigenvalue weighted by molar-refractivity contribution is 5.82. The number of amides is 1. The molecule has 0 saturated heterocycles. The largest absolute Gasteiger partial charge is 0.367 e. The van der Waals surface area contributed by atoms with Crippen LogP contribution in [0.2, 0.25) is 0 Å². The van der Waals surface area contributed by atoms with Gasteiger partial charge in [0.15, 0.2) is 6.04 Å². The number of primary amides is 1. The van der Waals surface area contributed by atoms with Gasteiger partial charge in [0.2, 0.25) is 5.91 Å². The van der Waals surface area contributed by atoms with Crippen LogP contribution in [0, 0.1) is 0 Å². The second kappa shape index (κ2) is 1.73. The number of carbonyl (C=O) groups excluding carboxylic acids is 1. The molecule has 1 unspecified atom stereocenters. The molecule has 1 heterocycles. The normalized spacial score (nSPS) is 24.2. The van der Waals surface area contributed by atoms with Crippen molar-refractivity contribution in [1.82, 2.24) is 0 Å². The van der Waals surface area contributed by atoms with Gasteiger partial charge in [-0.3, -0.25) is 4.79 Å². The highest BCUT2D eigenvalue weighted by Gasteiger charge is 2.11.